The molecular weight excluding hydrogens is 318 g/mol. The summed E-state index contributed by atoms with van der Waals surface area (Å²) in [5, 5.41) is 6.12. The number of ether oxygens (including phenoxy) is 1. The summed E-state index contributed by atoms with van der Waals surface area (Å²) >= 11 is 1.45. The lowest BCUT2D eigenvalue weighted by atomic mass is 10.1. The standard InChI is InChI=1S/C16H15NO3S2/c1-20-13-8-4-2-6-11(13)10-15-16(22(17,18)19)12-7-3-5-9-14(12)21-15/h2-9H,10H2,1H3,(H2,17,18,19). The van der Waals surface area contributed by atoms with Gasteiger partial charge in [-0.1, -0.05) is 36.4 Å². The summed E-state index contributed by atoms with van der Waals surface area (Å²) in [6.45, 7) is 0. The van der Waals surface area contributed by atoms with Crippen molar-refractivity contribution in [2.24, 2.45) is 5.14 Å². The molecule has 3 aromatic rings. The van der Waals surface area contributed by atoms with Gasteiger partial charge < -0.3 is 4.74 Å². The van der Waals surface area contributed by atoms with Crippen LogP contribution in [0, 0.1) is 0 Å². The Labute approximate surface area is 133 Å². The molecule has 0 spiro atoms. The number of hydrogen-bond acceptors (Lipinski definition) is 4. The van der Waals surface area contributed by atoms with Gasteiger partial charge in [-0.2, -0.15) is 0 Å². The summed E-state index contributed by atoms with van der Waals surface area (Å²) in [5.41, 5.74) is 0.932. The highest BCUT2D eigenvalue weighted by atomic mass is 32.2. The van der Waals surface area contributed by atoms with Crippen LogP contribution in [-0.4, -0.2) is 15.5 Å². The van der Waals surface area contributed by atoms with E-state index in [1.165, 1.54) is 11.3 Å². The Morgan fingerprint density at radius 3 is 2.50 bits per heavy atom. The van der Waals surface area contributed by atoms with Gasteiger partial charge in [-0.15, -0.1) is 11.3 Å². The Morgan fingerprint density at radius 1 is 1.09 bits per heavy atom. The second-order valence-corrected chi connectivity index (χ2v) is 7.52. The fourth-order valence-corrected chi connectivity index (χ4v) is 5.06. The van der Waals surface area contributed by atoms with Crippen LogP contribution in [0.5, 0.6) is 5.75 Å². The first-order chi connectivity index (χ1) is 10.5. The number of hydrogen-bond donors (Lipinski definition) is 1. The highest BCUT2D eigenvalue weighted by molar-refractivity contribution is 7.89. The van der Waals surface area contributed by atoms with Crippen LogP contribution in [0.4, 0.5) is 0 Å². The van der Waals surface area contributed by atoms with E-state index >= 15 is 0 Å². The van der Waals surface area contributed by atoms with Crippen LogP contribution in [0.2, 0.25) is 0 Å². The number of methoxy groups -OCH3 is 1. The van der Waals surface area contributed by atoms with Crippen LogP contribution < -0.4 is 9.88 Å². The van der Waals surface area contributed by atoms with Crippen LogP contribution in [-0.2, 0) is 16.4 Å². The number of rotatable bonds is 4. The van der Waals surface area contributed by atoms with E-state index in [1.807, 2.05) is 42.5 Å². The van der Waals surface area contributed by atoms with Crippen molar-refractivity contribution >= 4 is 31.4 Å². The minimum atomic E-state index is -3.79. The van der Waals surface area contributed by atoms with Gasteiger partial charge in [0, 0.05) is 21.4 Å². The van der Waals surface area contributed by atoms with Crippen LogP contribution >= 0.6 is 11.3 Å². The zero-order valence-corrected chi connectivity index (χ0v) is 13.6. The Morgan fingerprint density at radius 2 is 1.77 bits per heavy atom. The van der Waals surface area contributed by atoms with Gasteiger partial charge in [0.15, 0.2) is 0 Å². The molecule has 114 valence electrons. The summed E-state index contributed by atoms with van der Waals surface area (Å²) < 4.78 is 30.3. The summed E-state index contributed by atoms with van der Waals surface area (Å²) in [7, 11) is -2.19. The lowest BCUT2D eigenvalue weighted by molar-refractivity contribution is 0.410. The van der Waals surface area contributed by atoms with Crippen molar-refractivity contribution in [1.29, 1.82) is 0 Å². The number of fused-ring (bicyclic) bond motifs is 1. The van der Waals surface area contributed by atoms with Gasteiger partial charge in [0.2, 0.25) is 10.0 Å². The third-order valence-electron chi connectivity index (χ3n) is 3.45. The van der Waals surface area contributed by atoms with E-state index in [2.05, 4.69) is 0 Å². The topological polar surface area (TPSA) is 69.4 Å². The highest BCUT2D eigenvalue weighted by Gasteiger charge is 2.21. The van der Waals surface area contributed by atoms with E-state index in [-0.39, 0.29) is 4.90 Å². The molecule has 1 heterocycles. The van der Waals surface area contributed by atoms with E-state index in [0.29, 0.717) is 11.8 Å². The minimum Gasteiger partial charge on any atom is -0.496 e. The first-order valence-electron chi connectivity index (χ1n) is 6.66. The van der Waals surface area contributed by atoms with Crippen molar-refractivity contribution in [3.05, 3.63) is 59.0 Å². The molecule has 0 saturated heterocycles. The number of primary sulfonamides is 1. The zero-order chi connectivity index (χ0) is 15.7. The molecule has 0 aliphatic heterocycles. The SMILES string of the molecule is COc1ccccc1Cc1sc2ccccc2c1S(N)(=O)=O. The van der Waals surface area contributed by atoms with Gasteiger partial charge in [0.05, 0.1) is 7.11 Å². The van der Waals surface area contributed by atoms with Crippen molar-refractivity contribution < 1.29 is 13.2 Å². The zero-order valence-electron chi connectivity index (χ0n) is 11.9. The predicted molar refractivity (Wildman–Crippen MR) is 89.0 cm³/mol. The maximum absolute atomic E-state index is 12.0. The summed E-state index contributed by atoms with van der Waals surface area (Å²) in [4.78, 5) is 0.951. The lowest BCUT2D eigenvalue weighted by Gasteiger charge is -2.08. The Bertz CT molecular complexity index is 929. The van der Waals surface area contributed by atoms with Crippen LogP contribution in [0.3, 0.4) is 0 Å². The van der Waals surface area contributed by atoms with Crippen LogP contribution in [0.1, 0.15) is 10.4 Å². The molecule has 2 N–H and O–H groups in total. The van der Waals surface area contributed by atoms with Crippen molar-refractivity contribution in [1.82, 2.24) is 0 Å². The molecule has 0 aliphatic rings. The fourth-order valence-electron chi connectivity index (χ4n) is 2.52. The van der Waals surface area contributed by atoms with Gasteiger partial charge >= 0.3 is 0 Å². The molecule has 0 radical (unpaired) electrons. The van der Waals surface area contributed by atoms with E-state index < -0.39 is 10.0 Å². The monoisotopic (exact) mass is 333 g/mol. The van der Waals surface area contributed by atoms with Gasteiger partial charge in [-0.25, -0.2) is 13.6 Å². The second kappa shape index (κ2) is 5.72. The van der Waals surface area contributed by atoms with E-state index in [1.54, 1.807) is 13.2 Å². The maximum atomic E-state index is 12.0. The van der Waals surface area contributed by atoms with Gasteiger partial charge in [0.1, 0.15) is 10.6 Å². The number of benzene rings is 2. The Balaban J connectivity index is 2.19. The van der Waals surface area contributed by atoms with Crippen LogP contribution in [0.15, 0.2) is 53.4 Å². The molecule has 22 heavy (non-hydrogen) atoms. The van der Waals surface area contributed by atoms with E-state index in [9.17, 15) is 8.42 Å². The minimum absolute atomic E-state index is 0.221. The molecule has 0 bridgehead atoms. The van der Waals surface area contributed by atoms with Crippen molar-refractivity contribution in [3.8, 4) is 5.75 Å². The Kier molecular flexibility index (Phi) is 3.90. The first kappa shape index (κ1) is 15.0. The smallest absolute Gasteiger partial charge is 0.239 e. The molecule has 0 unspecified atom stereocenters. The van der Waals surface area contributed by atoms with Crippen molar-refractivity contribution in [2.45, 2.75) is 11.3 Å². The summed E-state index contributed by atoms with van der Waals surface area (Å²) in [6, 6.07) is 15.0. The van der Waals surface area contributed by atoms with Crippen molar-refractivity contribution in [2.75, 3.05) is 7.11 Å². The second-order valence-electron chi connectivity index (χ2n) is 4.88. The number of thiophene rings is 1. The van der Waals surface area contributed by atoms with Gasteiger partial charge in [0.25, 0.3) is 0 Å². The van der Waals surface area contributed by atoms with Gasteiger partial charge in [-0.05, 0) is 17.7 Å². The van der Waals surface area contributed by atoms with E-state index in [4.69, 9.17) is 9.88 Å². The average molecular weight is 333 g/mol. The fraction of sp³-hybridized carbons (Fsp3) is 0.125. The summed E-state index contributed by atoms with van der Waals surface area (Å²) in [5.74, 6) is 0.736. The number of nitrogens with two attached hydrogens (primary N) is 1. The number of sulfonamides is 1. The quantitative estimate of drug-likeness (QED) is 0.797. The summed E-state index contributed by atoms with van der Waals surface area (Å²) in [6.07, 6.45) is 0.467. The first-order valence-corrected chi connectivity index (χ1v) is 9.02. The van der Waals surface area contributed by atoms with E-state index in [0.717, 1.165) is 20.9 Å². The third-order valence-corrected chi connectivity index (χ3v) is 5.78. The largest absolute Gasteiger partial charge is 0.496 e. The number of para-hydroxylation sites is 1. The molecule has 0 fully saturated rings. The molecule has 6 heteroatoms. The molecular formula is C16H15NO3S2. The molecule has 2 aromatic carbocycles. The normalized spacial score (nSPS) is 11.7. The predicted octanol–water partition coefficient (Wildman–Crippen LogP) is 3.15. The maximum Gasteiger partial charge on any atom is 0.239 e. The molecule has 4 nitrogen and oxygen atoms in total. The molecule has 0 atom stereocenters. The van der Waals surface area contributed by atoms with Crippen molar-refractivity contribution in [3.63, 3.8) is 0 Å². The highest BCUT2D eigenvalue weighted by Crippen LogP contribution is 2.36. The lowest BCUT2D eigenvalue weighted by Crippen LogP contribution is -2.13. The van der Waals surface area contributed by atoms with Crippen LogP contribution in [0.25, 0.3) is 10.1 Å². The molecule has 0 saturated carbocycles. The average Bonchev–Trinajstić information content (AvgIpc) is 2.85. The third kappa shape index (κ3) is 2.72. The molecule has 1 aromatic heterocycles. The molecule has 0 amide bonds. The van der Waals surface area contributed by atoms with Gasteiger partial charge in [-0.3, -0.25) is 0 Å². The Hall–Kier alpha value is -1.89. The molecule has 3 rings (SSSR count). The molecule has 0 aliphatic carbocycles.